The number of carbonyl (C=O) groups excluding carboxylic acids is 1. The van der Waals surface area contributed by atoms with Gasteiger partial charge in [0.15, 0.2) is 0 Å². The third kappa shape index (κ3) is 5.91. The quantitative estimate of drug-likeness (QED) is 0.641. The molecule has 1 aromatic carbocycles. The van der Waals surface area contributed by atoms with Crippen molar-refractivity contribution in [2.75, 3.05) is 18.8 Å². The first kappa shape index (κ1) is 18.4. The highest BCUT2D eigenvalue weighted by atomic mass is 35.5. The van der Waals surface area contributed by atoms with Gasteiger partial charge >= 0.3 is 0 Å². The van der Waals surface area contributed by atoms with E-state index in [4.69, 9.17) is 11.6 Å². The molecule has 0 bridgehead atoms. The van der Waals surface area contributed by atoms with E-state index in [1.165, 1.54) is 0 Å². The van der Waals surface area contributed by atoms with Crippen LogP contribution >= 0.6 is 23.4 Å². The van der Waals surface area contributed by atoms with Crippen LogP contribution in [0, 0.1) is 11.8 Å². The van der Waals surface area contributed by atoms with Crippen LogP contribution in [0.4, 0.5) is 0 Å². The van der Waals surface area contributed by atoms with Gasteiger partial charge in [-0.2, -0.15) is 0 Å². The van der Waals surface area contributed by atoms with Gasteiger partial charge in [-0.1, -0.05) is 46.2 Å². The van der Waals surface area contributed by atoms with Crippen molar-refractivity contribution in [3.8, 4) is 0 Å². The van der Waals surface area contributed by atoms with Crippen LogP contribution in [0.5, 0.6) is 0 Å². The van der Waals surface area contributed by atoms with E-state index in [1.807, 2.05) is 23.1 Å². The summed E-state index contributed by atoms with van der Waals surface area (Å²) in [5.41, 5.74) is 0.610. The molecule has 0 atom stereocenters. The Hall–Kier alpha value is -0.670. The number of thioether (sulfide) groups is 1. The van der Waals surface area contributed by atoms with Crippen molar-refractivity contribution >= 4 is 29.3 Å². The molecule has 0 aliphatic carbocycles. The smallest absolute Gasteiger partial charge is 0.255 e. The Morgan fingerprint density at radius 3 is 2.19 bits per heavy atom. The van der Waals surface area contributed by atoms with E-state index in [0.717, 1.165) is 23.7 Å². The predicted octanol–water partition coefficient (Wildman–Crippen LogP) is 5.21. The molecular weight excluding hydrogens is 302 g/mol. The van der Waals surface area contributed by atoms with Gasteiger partial charge in [0.1, 0.15) is 0 Å². The first-order chi connectivity index (χ1) is 9.85. The Morgan fingerprint density at radius 2 is 1.76 bits per heavy atom. The number of benzene rings is 1. The molecule has 0 aliphatic rings. The van der Waals surface area contributed by atoms with Gasteiger partial charge in [-0.15, -0.1) is 11.8 Å². The van der Waals surface area contributed by atoms with E-state index in [0.29, 0.717) is 22.4 Å². The van der Waals surface area contributed by atoms with Crippen molar-refractivity contribution in [3.05, 3.63) is 28.8 Å². The summed E-state index contributed by atoms with van der Waals surface area (Å²) in [6.45, 7) is 12.1. The van der Waals surface area contributed by atoms with Crippen LogP contribution in [0.2, 0.25) is 5.02 Å². The van der Waals surface area contributed by atoms with Crippen LogP contribution < -0.4 is 0 Å². The van der Waals surface area contributed by atoms with Crippen molar-refractivity contribution in [2.24, 2.45) is 11.8 Å². The summed E-state index contributed by atoms with van der Waals surface area (Å²) in [4.78, 5) is 15.8. The van der Waals surface area contributed by atoms with Crippen LogP contribution in [0.25, 0.3) is 0 Å². The first-order valence-corrected chi connectivity index (χ1v) is 8.93. The molecule has 0 aromatic heterocycles. The average molecular weight is 328 g/mol. The molecule has 21 heavy (non-hydrogen) atoms. The SMILES string of the molecule is CCSc1ccc(C(=O)N(CC(C)C)CC(C)C)c(Cl)c1. The van der Waals surface area contributed by atoms with Crippen LogP contribution in [-0.4, -0.2) is 29.6 Å². The van der Waals surface area contributed by atoms with Crippen molar-refractivity contribution in [2.45, 2.75) is 39.5 Å². The Labute approximate surface area is 138 Å². The van der Waals surface area contributed by atoms with E-state index < -0.39 is 0 Å². The fourth-order valence-corrected chi connectivity index (χ4v) is 3.24. The van der Waals surface area contributed by atoms with Crippen LogP contribution in [0.1, 0.15) is 45.0 Å². The number of halogens is 1. The first-order valence-electron chi connectivity index (χ1n) is 7.56. The number of amides is 1. The Kier molecular flexibility index (Phi) is 7.61. The molecule has 0 heterocycles. The van der Waals surface area contributed by atoms with E-state index in [-0.39, 0.29) is 5.91 Å². The highest BCUT2D eigenvalue weighted by molar-refractivity contribution is 7.99. The molecule has 1 aromatic rings. The summed E-state index contributed by atoms with van der Waals surface area (Å²) >= 11 is 8.05. The third-order valence-electron chi connectivity index (χ3n) is 2.94. The van der Waals surface area contributed by atoms with Crippen LogP contribution in [0.3, 0.4) is 0 Å². The highest BCUT2D eigenvalue weighted by Gasteiger charge is 2.20. The second-order valence-corrected chi connectivity index (χ2v) is 7.82. The maximum absolute atomic E-state index is 12.7. The zero-order valence-corrected chi connectivity index (χ0v) is 15.2. The number of hydrogen-bond acceptors (Lipinski definition) is 2. The maximum Gasteiger partial charge on any atom is 0.255 e. The molecular formula is C17H26ClNOS. The molecule has 0 radical (unpaired) electrons. The van der Waals surface area contributed by atoms with Gasteiger partial charge in [0.2, 0.25) is 0 Å². The lowest BCUT2D eigenvalue weighted by Gasteiger charge is -2.27. The molecule has 1 amide bonds. The molecule has 0 unspecified atom stereocenters. The number of nitrogens with zero attached hydrogens (tertiary/aromatic N) is 1. The topological polar surface area (TPSA) is 20.3 Å². The minimum absolute atomic E-state index is 0.0375. The molecule has 4 heteroatoms. The normalized spacial score (nSPS) is 11.2. The average Bonchev–Trinajstić information content (AvgIpc) is 2.36. The highest BCUT2D eigenvalue weighted by Crippen LogP contribution is 2.26. The van der Waals surface area contributed by atoms with E-state index >= 15 is 0 Å². The number of rotatable bonds is 7. The zero-order chi connectivity index (χ0) is 16.0. The van der Waals surface area contributed by atoms with Gasteiger partial charge < -0.3 is 4.90 Å². The molecule has 118 valence electrons. The second kappa shape index (κ2) is 8.70. The maximum atomic E-state index is 12.7. The number of hydrogen-bond donors (Lipinski definition) is 0. The molecule has 0 spiro atoms. The van der Waals surface area contributed by atoms with Crippen molar-refractivity contribution in [1.29, 1.82) is 0 Å². The van der Waals surface area contributed by atoms with Gasteiger partial charge in [-0.3, -0.25) is 4.79 Å². The lowest BCUT2D eigenvalue weighted by molar-refractivity contribution is 0.0715. The Morgan fingerprint density at radius 1 is 1.19 bits per heavy atom. The predicted molar refractivity (Wildman–Crippen MR) is 93.4 cm³/mol. The molecule has 0 saturated heterocycles. The zero-order valence-electron chi connectivity index (χ0n) is 13.6. The van der Waals surface area contributed by atoms with Gasteiger partial charge in [0, 0.05) is 18.0 Å². The number of carbonyl (C=O) groups is 1. The molecule has 0 saturated carbocycles. The third-order valence-corrected chi connectivity index (χ3v) is 4.13. The fourth-order valence-electron chi connectivity index (χ4n) is 2.22. The van der Waals surface area contributed by atoms with Crippen LogP contribution in [0.15, 0.2) is 23.1 Å². The van der Waals surface area contributed by atoms with Gasteiger partial charge in [-0.25, -0.2) is 0 Å². The molecule has 1 rings (SSSR count). The summed E-state index contributed by atoms with van der Waals surface area (Å²) in [7, 11) is 0. The van der Waals surface area contributed by atoms with Gasteiger partial charge in [0.05, 0.1) is 10.6 Å². The summed E-state index contributed by atoms with van der Waals surface area (Å²) < 4.78 is 0. The Balaban J connectivity index is 2.97. The van der Waals surface area contributed by atoms with Crippen molar-refractivity contribution in [1.82, 2.24) is 4.90 Å². The minimum Gasteiger partial charge on any atom is -0.338 e. The lowest BCUT2D eigenvalue weighted by Crippen LogP contribution is -2.37. The molecule has 0 fully saturated rings. The van der Waals surface area contributed by atoms with Crippen molar-refractivity contribution < 1.29 is 4.79 Å². The summed E-state index contributed by atoms with van der Waals surface area (Å²) in [5, 5.41) is 0.552. The van der Waals surface area contributed by atoms with Gasteiger partial charge in [0.25, 0.3) is 5.91 Å². The Bertz CT molecular complexity index is 464. The summed E-state index contributed by atoms with van der Waals surface area (Å²) in [6, 6.07) is 5.73. The largest absolute Gasteiger partial charge is 0.338 e. The lowest BCUT2D eigenvalue weighted by atomic mass is 10.1. The van der Waals surface area contributed by atoms with E-state index in [2.05, 4.69) is 34.6 Å². The molecule has 0 aliphatic heterocycles. The van der Waals surface area contributed by atoms with Crippen molar-refractivity contribution in [3.63, 3.8) is 0 Å². The van der Waals surface area contributed by atoms with E-state index in [9.17, 15) is 4.79 Å². The minimum atomic E-state index is 0.0375. The van der Waals surface area contributed by atoms with Crippen LogP contribution in [-0.2, 0) is 0 Å². The van der Waals surface area contributed by atoms with E-state index in [1.54, 1.807) is 11.8 Å². The second-order valence-electron chi connectivity index (χ2n) is 6.07. The molecule has 0 N–H and O–H groups in total. The standard InChI is InChI=1S/C17H26ClNOS/c1-6-21-14-7-8-15(16(18)9-14)17(20)19(10-12(2)3)11-13(4)5/h7-9,12-13H,6,10-11H2,1-5H3. The fraction of sp³-hybridized carbons (Fsp3) is 0.588. The van der Waals surface area contributed by atoms with Gasteiger partial charge in [-0.05, 0) is 35.8 Å². The summed E-state index contributed by atoms with van der Waals surface area (Å²) in [6.07, 6.45) is 0. The summed E-state index contributed by atoms with van der Waals surface area (Å²) in [5.74, 6) is 1.93. The molecule has 2 nitrogen and oxygen atoms in total. The monoisotopic (exact) mass is 327 g/mol.